The molecule has 0 aromatic carbocycles. The highest BCUT2D eigenvalue weighted by Gasteiger charge is 2.20. The summed E-state index contributed by atoms with van der Waals surface area (Å²) < 4.78 is 7.41. The van der Waals surface area contributed by atoms with Crippen LogP contribution in [0, 0.1) is 0 Å². The molecule has 7 nitrogen and oxygen atoms in total. The highest BCUT2D eigenvalue weighted by Crippen LogP contribution is 2.10. The molecule has 1 amide bonds. The largest absolute Gasteiger partial charge is 0.368 e. The number of hydrogen-bond acceptors (Lipinski definition) is 4. The van der Waals surface area contributed by atoms with Crippen molar-refractivity contribution in [2.45, 2.75) is 19.3 Å². The minimum absolute atomic E-state index is 0.0712. The molecular formula is C11H13N5O2. The third-order valence-electron chi connectivity index (χ3n) is 2.87. The van der Waals surface area contributed by atoms with Crippen molar-refractivity contribution in [1.29, 1.82) is 0 Å². The van der Waals surface area contributed by atoms with Gasteiger partial charge in [0.2, 0.25) is 0 Å². The molecule has 3 heterocycles. The van der Waals surface area contributed by atoms with Gasteiger partial charge in [0.1, 0.15) is 5.69 Å². The second-order valence-electron chi connectivity index (χ2n) is 4.13. The van der Waals surface area contributed by atoms with E-state index in [-0.39, 0.29) is 12.0 Å². The summed E-state index contributed by atoms with van der Waals surface area (Å²) in [5.74, 6) is -0.131. The lowest BCUT2D eigenvalue weighted by Gasteiger charge is -2.23. The van der Waals surface area contributed by atoms with E-state index >= 15 is 0 Å². The summed E-state index contributed by atoms with van der Waals surface area (Å²) in [6.45, 7) is 1.55. The lowest BCUT2D eigenvalue weighted by Crippen LogP contribution is -2.39. The summed E-state index contributed by atoms with van der Waals surface area (Å²) in [7, 11) is 0. The van der Waals surface area contributed by atoms with Crippen molar-refractivity contribution < 1.29 is 9.53 Å². The molecule has 0 fully saturated rings. The minimum Gasteiger partial charge on any atom is -0.368 e. The Kier molecular flexibility index (Phi) is 2.81. The first kappa shape index (κ1) is 11.0. The number of aromatic amines is 1. The van der Waals surface area contributed by atoms with E-state index in [2.05, 4.69) is 20.6 Å². The van der Waals surface area contributed by atoms with Crippen LogP contribution in [-0.4, -0.2) is 38.5 Å². The van der Waals surface area contributed by atoms with Crippen LogP contribution in [0.1, 0.15) is 16.2 Å². The lowest BCUT2D eigenvalue weighted by atomic mass is 10.3. The first-order valence-electron chi connectivity index (χ1n) is 5.73. The summed E-state index contributed by atoms with van der Waals surface area (Å²) >= 11 is 0. The molecule has 0 saturated carbocycles. The molecule has 0 aliphatic carbocycles. The zero-order valence-corrected chi connectivity index (χ0v) is 9.67. The molecule has 3 rings (SSSR count). The maximum absolute atomic E-state index is 11.7. The fourth-order valence-corrected chi connectivity index (χ4v) is 1.89. The SMILES string of the molecule is O=C(NC[C@H]1Cn2nncc2CO1)c1ccc[nH]1. The summed E-state index contributed by atoms with van der Waals surface area (Å²) in [5, 5.41) is 10.6. The minimum atomic E-state index is -0.131. The van der Waals surface area contributed by atoms with Gasteiger partial charge in [-0.3, -0.25) is 4.79 Å². The van der Waals surface area contributed by atoms with Gasteiger partial charge in [-0.15, -0.1) is 5.10 Å². The smallest absolute Gasteiger partial charge is 0.267 e. The van der Waals surface area contributed by atoms with Gasteiger partial charge in [-0.1, -0.05) is 5.21 Å². The van der Waals surface area contributed by atoms with E-state index in [0.717, 1.165) is 5.69 Å². The van der Waals surface area contributed by atoms with E-state index in [1.807, 2.05) is 0 Å². The number of aromatic nitrogens is 4. The van der Waals surface area contributed by atoms with Crippen molar-refractivity contribution in [2.75, 3.05) is 6.54 Å². The molecule has 2 aromatic heterocycles. The molecule has 1 atom stereocenters. The topological polar surface area (TPSA) is 84.8 Å². The molecule has 1 aliphatic rings. The molecule has 1 aliphatic heterocycles. The van der Waals surface area contributed by atoms with Crippen LogP contribution in [0.3, 0.4) is 0 Å². The van der Waals surface area contributed by atoms with E-state index in [1.54, 1.807) is 29.2 Å². The number of nitrogens with one attached hydrogen (secondary N) is 2. The number of carbonyl (C=O) groups is 1. The van der Waals surface area contributed by atoms with Crippen LogP contribution >= 0.6 is 0 Å². The molecule has 7 heteroatoms. The van der Waals surface area contributed by atoms with Crippen molar-refractivity contribution in [3.05, 3.63) is 35.9 Å². The van der Waals surface area contributed by atoms with Gasteiger partial charge in [0, 0.05) is 12.7 Å². The van der Waals surface area contributed by atoms with Crippen LogP contribution in [0.5, 0.6) is 0 Å². The maximum Gasteiger partial charge on any atom is 0.267 e. The van der Waals surface area contributed by atoms with Gasteiger partial charge >= 0.3 is 0 Å². The fourth-order valence-electron chi connectivity index (χ4n) is 1.89. The highest BCUT2D eigenvalue weighted by molar-refractivity contribution is 5.92. The molecule has 94 valence electrons. The molecule has 0 saturated heterocycles. The molecule has 0 bridgehead atoms. The lowest BCUT2D eigenvalue weighted by molar-refractivity contribution is 0.00148. The second-order valence-corrected chi connectivity index (χ2v) is 4.13. The average Bonchev–Trinajstić information content (AvgIpc) is 3.05. The predicted molar refractivity (Wildman–Crippen MR) is 61.7 cm³/mol. The van der Waals surface area contributed by atoms with Crippen LogP contribution in [0.25, 0.3) is 0 Å². The van der Waals surface area contributed by atoms with E-state index in [0.29, 0.717) is 25.4 Å². The number of carbonyl (C=O) groups excluding carboxylic acids is 1. The predicted octanol–water partition coefficient (Wildman–Crippen LogP) is -0.0650. The number of amides is 1. The Hall–Kier alpha value is -2.15. The number of nitrogens with zero attached hydrogens (tertiary/aromatic N) is 3. The summed E-state index contributed by atoms with van der Waals surface area (Å²) in [5.41, 5.74) is 1.51. The zero-order chi connectivity index (χ0) is 12.4. The van der Waals surface area contributed by atoms with Gasteiger partial charge in [0.05, 0.1) is 31.1 Å². The fraction of sp³-hybridized carbons (Fsp3) is 0.364. The molecular weight excluding hydrogens is 234 g/mol. The van der Waals surface area contributed by atoms with E-state index in [4.69, 9.17) is 4.74 Å². The standard InChI is InChI=1S/C11H13N5O2/c17-11(10-2-1-3-12-10)13-5-9-6-16-8(7-18-9)4-14-15-16/h1-4,9,12H,5-7H2,(H,13,17)/t9-/m0/s1. The second kappa shape index (κ2) is 4.61. The maximum atomic E-state index is 11.7. The van der Waals surface area contributed by atoms with Crippen LogP contribution in [-0.2, 0) is 17.9 Å². The normalized spacial score (nSPS) is 18.3. The number of ether oxygens (including phenoxy) is 1. The Morgan fingerprint density at radius 1 is 1.67 bits per heavy atom. The van der Waals surface area contributed by atoms with Gasteiger partial charge in [-0.2, -0.15) is 0 Å². The first-order chi connectivity index (χ1) is 8.83. The Morgan fingerprint density at radius 3 is 3.44 bits per heavy atom. The zero-order valence-electron chi connectivity index (χ0n) is 9.67. The average molecular weight is 247 g/mol. The van der Waals surface area contributed by atoms with Crippen molar-refractivity contribution >= 4 is 5.91 Å². The van der Waals surface area contributed by atoms with Crippen LogP contribution in [0.15, 0.2) is 24.5 Å². The molecule has 18 heavy (non-hydrogen) atoms. The van der Waals surface area contributed by atoms with E-state index < -0.39 is 0 Å². The number of fused-ring (bicyclic) bond motifs is 1. The Bertz CT molecular complexity index is 533. The van der Waals surface area contributed by atoms with Crippen molar-refractivity contribution in [1.82, 2.24) is 25.3 Å². The molecule has 2 aromatic rings. The number of hydrogen-bond donors (Lipinski definition) is 2. The Labute approximate surface area is 103 Å². The van der Waals surface area contributed by atoms with Crippen LogP contribution in [0.4, 0.5) is 0 Å². The molecule has 0 unspecified atom stereocenters. The van der Waals surface area contributed by atoms with Gasteiger partial charge in [0.15, 0.2) is 0 Å². The van der Waals surface area contributed by atoms with E-state index in [1.165, 1.54) is 0 Å². The quantitative estimate of drug-likeness (QED) is 0.795. The molecule has 2 N–H and O–H groups in total. The van der Waals surface area contributed by atoms with Crippen LogP contribution in [0.2, 0.25) is 0 Å². The monoisotopic (exact) mass is 247 g/mol. The highest BCUT2D eigenvalue weighted by atomic mass is 16.5. The van der Waals surface area contributed by atoms with Gasteiger partial charge in [-0.25, -0.2) is 4.68 Å². The molecule has 0 radical (unpaired) electrons. The van der Waals surface area contributed by atoms with Gasteiger partial charge in [-0.05, 0) is 12.1 Å². The first-order valence-corrected chi connectivity index (χ1v) is 5.73. The Morgan fingerprint density at radius 2 is 2.61 bits per heavy atom. The van der Waals surface area contributed by atoms with Crippen molar-refractivity contribution in [3.8, 4) is 0 Å². The summed E-state index contributed by atoms with van der Waals surface area (Å²) in [4.78, 5) is 14.6. The third-order valence-corrected chi connectivity index (χ3v) is 2.87. The summed E-state index contributed by atoms with van der Waals surface area (Å²) in [6.07, 6.45) is 3.33. The van der Waals surface area contributed by atoms with Crippen molar-refractivity contribution in [3.63, 3.8) is 0 Å². The number of H-pyrrole nitrogens is 1. The molecule has 0 spiro atoms. The van der Waals surface area contributed by atoms with Crippen LogP contribution < -0.4 is 5.32 Å². The van der Waals surface area contributed by atoms with Gasteiger partial charge < -0.3 is 15.0 Å². The Balaban J connectivity index is 1.54. The van der Waals surface area contributed by atoms with E-state index in [9.17, 15) is 4.79 Å². The van der Waals surface area contributed by atoms with Crippen molar-refractivity contribution in [2.24, 2.45) is 0 Å². The number of rotatable bonds is 3. The third kappa shape index (κ3) is 2.12. The summed E-state index contributed by atoms with van der Waals surface area (Å²) in [6, 6.07) is 3.51. The van der Waals surface area contributed by atoms with Gasteiger partial charge in [0.25, 0.3) is 5.91 Å².